The van der Waals surface area contributed by atoms with Crippen LogP contribution in [-0.2, 0) is 20.0 Å². The lowest BCUT2D eigenvalue weighted by atomic mass is 10.0. The molecule has 6 nitrogen and oxygen atoms in total. The number of hydrogen-bond donors (Lipinski definition) is 2. The van der Waals surface area contributed by atoms with Gasteiger partial charge < -0.3 is 0 Å². The molecular formula is C17H20N2O4S2. The molecule has 0 spiro atoms. The summed E-state index contributed by atoms with van der Waals surface area (Å²) in [6.07, 6.45) is 1.96. The lowest BCUT2D eigenvalue weighted by Crippen LogP contribution is -2.30. The summed E-state index contributed by atoms with van der Waals surface area (Å²) in [5.41, 5.74) is 2.04. The summed E-state index contributed by atoms with van der Waals surface area (Å²) in [5.74, 6) is 0.279. The molecule has 0 aromatic heterocycles. The zero-order valence-electron chi connectivity index (χ0n) is 13.7. The van der Waals surface area contributed by atoms with Gasteiger partial charge in [0.2, 0.25) is 20.0 Å². The van der Waals surface area contributed by atoms with Crippen LogP contribution in [0.2, 0.25) is 0 Å². The number of benzene rings is 2. The molecule has 1 saturated carbocycles. The van der Waals surface area contributed by atoms with Crippen LogP contribution in [0.25, 0.3) is 0 Å². The highest BCUT2D eigenvalue weighted by Crippen LogP contribution is 2.41. The first-order chi connectivity index (χ1) is 11.7. The van der Waals surface area contributed by atoms with Gasteiger partial charge in [-0.15, -0.1) is 0 Å². The molecule has 0 amide bonds. The van der Waals surface area contributed by atoms with E-state index < -0.39 is 20.0 Å². The zero-order chi connectivity index (χ0) is 18.2. The number of primary sulfonamides is 1. The first-order valence-corrected chi connectivity index (χ1v) is 10.9. The minimum Gasteiger partial charge on any atom is -0.225 e. The van der Waals surface area contributed by atoms with E-state index in [-0.39, 0.29) is 21.8 Å². The lowest BCUT2D eigenvalue weighted by Gasteiger charge is -2.19. The summed E-state index contributed by atoms with van der Waals surface area (Å²) < 4.78 is 50.7. The van der Waals surface area contributed by atoms with Crippen molar-refractivity contribution in [1.82, 2.24) is 4.72 Å². The number of nitrogens with one attached hydrogen (secondary N) is 1. The largest absolute Gasteiger partial charge is 0.241 e. The number of aryl methyl sites for hydroxylation is 1. The molecule has 0 heterocycles. The Morgan fingerprint density at radius 2 is 1.44 bits per heavy atom. The molecule has 3 rings (SSSR count). The molecule has 1 atom stereocenters. The maximum absolute atomic E-state index is 12.7. The SMILES string of the molecule is Cc1ccc(C(NS(=O)(=O)c2ccc(S(N)(=O)=O)cc2)C2CC2)cc1. The van der Waals surface area contributed by atoms with E-state index >= 15 is 0 Å². The Labute approximate surface area is 148 Å². The zero-order valence-corrected chi connectivity index (χ0v) is 15.3. The van der Waals surface area contributed by atoms with Crippen LogP contribution in [0, 0.1) is 12.8 Å². The van der Waals surface area contributed by atoms with Gasteiger partial charge in [-0.25, -0.2) is 26.7 Å². The van der Waals surface area contributed by atoms with Crippen LogP contribution in [0.15, 0.2) is 58.3 Å². The second kappa shape index (κ2) is 6.53. The third-order valence-corrected chi connectivity index (χ3v) is 6.66. The molecular weight excluding hydrogens is 360 g/mol. The second-order valence-electron chi connectivity index (χ2n) is 6.36. The molecule has 3 N–H and O–H groups in total. The fourth-order valence-electron chi connectivity index (χ4n) is 2.68. The Kier molecular flexibility index (Phi) is 4.72. The standard InChI is InChI=1S/C17H20N2O4S2/c1-12-2-4-13(5-3-12)17(14-6-7-14)19-25(22,23)16-10-8-15(9-11-16)24(18,20)21/h2-5,8-11,14,17,19H,6-7H2,1H3,(H2,18,20,21). The predicted molar refractivity (Wildman–Crippen MR) is 94.8 cm³/mol. The van der Waals surface area contributed by atoms with Crippen molar-refractivity contribution in [2.75, 3.05) is 0 Å². The van der Waals surface area contributed by atoms with Crippen LogP contribution in [-0.4, -0.2) is 16.8 Å². The maximum Gasteiger partial charge on any atom is 0.241 e. The van der Waals surface area contributed by atoms with Gasteiger partial charge in [-0.1, -0.05) is 29.8 Å². The number of nitrogens with two attached hydrogens (primary N) is 1. The van der Waals surface area contributed by atoms with Gasteiger partial charge in [0.15, 0.2) is 0 Å². The van der Waals surface area contributed by atoms with Crippen LogP contribution in [0.5, 0.6) is 0 Å². The van der Waals surface area contributed by atoms with Gasteiger partial charge in [-0.05, 0) is 55.5 Å². The number of hydrogen-bond acceptors (Lipinski definition) is 4. The lowest BCUT2D eigenvalue weighted by molar-refractivity contribution is 0.529. The summed E-state index contributed by atoms with van der Waals surface area (Å²) in [4.78, 5) is -0.110. The van der Waals surface area contributed by atoms with E-state index in [0.29, 0.717) is 0 Å². The minimum absolute atomic E-state index is 0.0117. The highest BCUT2D eigenvalue weighted by Gasteiger charge is 2.35. The van der Waals surface area contributed by atoms with Gasteiger partial charge in [-0.3, -0.25) is 0 Å². The molecule has 1 fully saturated rings. The number of sulfonamides is 2. The van der Waals surface area contributed by atoms with Crippen molar-refractivity contribution in [3.8, 4) is 0 Å². The average molecular weight is 380 g/mol. The van der Waals surface area contributed by atoms with Crippen LogP contribution in [0.4, 0.5) is 0 Å². The van der Waals surface area contributed by atoms with E-state index in [1.807, 2.05) is 31.2 Å². The first-order valence-electron chi connectivity index (χ1n) is 7.88. The van der Waals surface area contributed by atoms with E-state index in [1.54, 1.807) is 0 Å². The molecule has 25 heavy (non-hydrogen) atoms. The maximum atomic E-state index is 12.7. The molecule has 1 aliphatic rings. The number of rotatable bonds is 6. The monoisotopic (exact) mass is 380 g/mol. The van der Waals surface area contributed by atoms with Crippen molar-refractivity contribution in [2.45, 2.75) is 35.6 Å². The summed E-state index contributed by atoms with van der Waals surface area (Å²) in [7, 11) is -7.62. The molecule has 1 aliphatic carbocycles. The third-order valence-electron chi connectivity index (χ3n) is 4.27. The van der Waals surface area contributed by atoms with Gasteiger partial charge in [0, 0.05) is 6.04 Å². The van der Waals surface area contributed by atoms with Crippen LogP contribution >= 0.6 is 0 Å². The minimum atomic E-state index is -3.85. The Morgan fingerprint density at radius 1 is 0.920 bits per heavy atom. The Hall–Kier alpha value is -1.74. The topological polar surface area (TPSA) is 106 Å². The van der Waals surface area contributed by atoms with Crippen molar-refractivity contribution < 1.29 is 16.8 Å². The van der Waals surface area contributed by atoms with E-state index in [4.69, 9.17) is 5.14 Å². The van der Waals surface area contributed by atoms with E-state index in [1.165, 1.54) is 24.3 Å². The summed E-state index contributed by atoms with van der Waals surface area (Å²) in [5, 5.41) is 5.04. The fourth-order valence-corrected chi connectivity index (χ4v) is 4.49. The molecule has 2 aromatic rings. The highest BCUT2D eigenvalue weighted by molar-refractivity contribution is 7.89. The smallest absolute Gasteiger partial charge is 0.225 e. The van der Waals surface area contributed by atoms with Crippen molar-refractivity contribution in [2.24, 2.45) is 11.1 Å². The first kappa shape index (κ1) is 18.1. The normalized spacial score (nSPS) is 16.6. The van der Waals surface area contributed by atoms with Crippen molar-refractivity contribution >= 4 is 20.0 Å². The van der Waals surface area contributed by atoms with Crippen molar-refractivity contribution in [1.29, 1.82) is 0 Å². The van der Waals surface area contributed by atoms with Crippen molar-refractivity contribution in [3.63, 3.8) is 0 Å². The summed E-state index contributed by atoms with van der Waals surface area (Å²) in [6, 6.07) is 12.4. The molecule has 0 bridgehead atoms. The molecule has 0 saturated heterocycles. The van der Waals surface area contributed by atoms with Gasteiger partial charge in [0.25, 0.3) is 0 Å². The van der Waals surface area contributed by atoms with Crippen LogP contribution in [0.3, 0.4) is 0 Å². The summed E-state index contributed by atoms with van der Waals surface area (Å²) >= 11 is 0. The van der Waals surface area contributed by atoms with Gasteiger partial charge in [-0.2, -0.15) is 0 Å². The summed E-state index contributed by atoms with van der Waals surface area (Å²) in [6.45, 7) is 1.98. The van der Waals surface area contributed by atoms with Gasteiger partial charge >= 0.3 is 0 Å². The van der Waals surface area contributed by atoms with E-state index in [2.05, 4.69) is 4.72 Å². The molecule has 134 valence electrons. The van der Waals surface area contributed by atoms with Crippen LogP contribution in [0.1, 0.15) is 30.0 Å². The molecule has 0 aliphatic heterocycles. The fraction of sp³-hybridized carbons (Fsp3) is 0.294. The highest BCUT2D eigenvalue weighted by atomic mass is 32.2. The molecule has 8 heteroatoms. The van der Waals surface area contributed by atoms with Crippen LogP contribution < -0.4 is 9.86 Å². The van der Waals surface area contributed by atoms with E-state index in [9.17, 15) is 16.8 Å². The Morgan fingerprint density at radius 3 is 1.92 bits per heavy atom. The quantitative estimate of drug-likeness (QED) is 0.800. The van der Waals surface area contributed by atoms with Gasteiger partial charge in [0.1, 0.15) is 0 Å². The van der Waals surface area contributed by atoms with E-state index in [0.717, 1.165) is 24.0 Å². The third kappa shape index (κ3) is 4.27. The Balaban J connectivity index is 1.87. The Bertz CT molecular complexity index is 962. The second-order valence-corrected chi connectivity index (χ2v) is 9.64. The van der Waals surface area contributed by atoms with Crippen molar-refractivity contribution in [3.05, 3.63) is 59.7 Å². The average Bonchev–Trinajstić information content (AvgIpc) is 3.38. The molecule has 1 unspecified atom stereocenters. The molecule has 2 aromatic carbocycles. The molecule has 0 radical (unpaired) electrons. The predicted octanol–water partition coefficient (Wildman–Crippen LogP) is 2.07. The van der Waals surface area contributed by atoms with Gasteiger partial charge in [0.05, 0.1) is 9.79 Å².